The van der Waals surface area contributed by atoms with Crippen molar-refractivity contribution in [1.29, 1.82) is 0 Å². The van der Waals surface area contributed by atoms with Crippen molar-refractivity contribution >= 4 is 11.8 Å². The number of piperidine rings is 1. The maximum Gasteiger partial charge on any atom is 0.433 e. The first-order valence-electron chi connectivity index (χ1n) is 10.6. The number of aromatic amines is 1. The van der Waals surface area contributed by atoms with Crippen LogP contribution in [0.15, 0.2) is 18.3 Å². The first-order valence-corrected chi connectivity index (χ1v) is 10.6. The van der Waals surface area contributed by atoms with Gasteiger partial charge in [-0.05, 0) is 31.4 Å². The van der Waals surface area contributed by atoms with Gasteiger partial charge in [-0.2, -0.15) is 13.2 Å². The molecular weight excluding hydrogens is 425 g/mol. The Labute approximate surface area is 183 Å². The van der Waals surface area contributed by atoms with Crippen LogP contribution in [-0.2, 0) is 28.7 Å². The first kappa shape index (κ1) is 22.3. The van der Waals surface area contributed by atoms with E-state index in [1.807, 2.05) is 0 Å². The fourth-order valence-electron chi connectivity index (χ4n) is 4.22. The zero-order valence-electron chi connectivity index (χ0n) is 17.5. The molecule has 4 rings (SSSR count). The predicted molar refractivity (Wildman–Crippen MR) is 109 cm³/mol. The van der Waals surface area contributed by atoms with Crippen molar-refractivity contribution in [3.05, 3.63) is 35.3 Å². The summed E-state index contributed by atoms with van der Waals surface area (Å²) >= 11 is 0. The second-order valence-electron chi connectivity index (χ2n) is 8.23. The molecule has 3 N–H and O–H groups in total. The number of H-pyrrole nitrogens is 1. The highest BCUT2D eigenvalue weighted by Crippen LogP contribution is 2.35. The lowest BCUT2D eigenvalue weighted by molar-refractivity contribution is -0.142. The van der Waals surface area contributed by atoms with Gasteiger partial charge in [0.25, 0.3) is 0 Å². The number of nitrogens with two attached hydrogens (primary N) is 1. The van der Waals surface area contributed by atoms with E-state index in [1.54, 1.807) is 23.2 Å². The molecule has 0 aromatic carbocycles. The highest BCUT2D eigenvalue weighted by Gasteiger charge is 2.39. The number of nitrogens with zero attached hydrogens (tertiary/aromatic N) is 4. The normalized spacial score (nSPS) is 17.9. The van der Waals surface area contributed by atoms with E-state index < -0.39 is 17.9 Å². The number of hydrogen-bond acceptors (Lipinski definition) is 5. The van der Waals surface area contributed by atoms with Gasteiger partial charge in [0.15, 0.2) is 11.5 Å². The van der Waals surface area contributed by atoms with Gasteiger partial charge in [-0.3, -0.25) is 9.59 Å². The number of halogens is 3. The molecule has 0 aliphatic carbocycles. The van der Waals surface area contributed by atoms with Gasteiger partial charge in [0.1, 0.15) is 0 Å². The summed E-state index contributed by atoms with van der Waals surface area (Å²) in [5, 5.41) is 0. The second-order valence-corrected chi connectivity index (χ2v) is 8.23. The van der Waals surface area contributed by atoms with E-state index in [0.29, 0.717) is 25.2 Å². The number of rotatable bonds is 5. The molecule has 0 bridgehead atoms. The van der Waals surface area contributed by atoms with Gasteiger partial charge in [0, 0.05) is 50.3 Å². The Morgan fingerprint density at radius 1 is 1.22 bits per heavy atom. The Morgan fingerprint density at radius 3 is 2.72 bits per heavy atom. The molecule has 1 saturated heterocycles. The maximum atomic E-state index is 13.6. The van der Waals surface area contributed by atoms with Crippen LogP contribution >= 0.6 is 0 Å². The van der Waals surface area contributed by atoms with Crippen LogP contribution in [0.3, 0.4) is 0 Å². The molecule has 1 atom stereocenters. The average molecular weight is 450 g/mol. The quantitative estimate of drug-likeness (QED) is 0.725. The maximum absolute atomic E-state index is 13.6. The zero-order valence-corrected chi connectivity index (χ0v) is 17.5. The van der Waals surface area contributed by atoms with Crippen LogP contribution in [0, 0.1) is 0 Å². The lowest BCUT2D eigenvalue weighted by Gasteiger charge is -2.32. The lowest BCUT2D eigenvalue weighted by atomic mass is 10.0. The van der Waals surface area contributed by atoms with Gasteiger partial charge >= 0.3 is 6.18 Å². The molecule has 2 aromatic heterocycles. The molecule has 2 aromatic rings. The second kappa shape index (κ2) is 8.89. The Morgan fingerprint density at radius 2 is 2.03 bits per heavy atom. The standard InChI is InChI=1S/C21H25F3N6O2/c22-21(23,24)19-14-6-9-30(12-16(14)27-20(28-19)15-4-3-7-26-15)18(32)10-13(25)11-29-8-2-1-5-17(29)31/h3-4,7,13,26H,1-2,5-6,8-12,25H2/t13-/m0/s1. The van der Waals surface area contributed by atoms with Crippen molar-refractivity contribution in [1.82, 2.24) is 24.8 Å². The fraction of sp³-hybridized carbons (Fsp3) is 0.524. The van der Waals surface area contributed by atoms with Crippen molar-refractivity contribution < 1.29 is 22.8 Å². The van der Waals surface area contributed by atoms with Gasteiger partial charge < -0.3 is 20.5 Å². The first-order chi connectivity index (χ1) is 15.2. The van der Waals surface area contributed by atoms with Crippen LogP contribution in [0.4, 0.5) is 13.2 Å². The molecule has 2 aliphatic rings. The molecule has 0 spiro atoms. The number of nitrogens with one attached hydrogen (secondary N) is 1. The zero-order chi connectivity index (χ0) is 22.9. The van der Waals surface area contributed by atoms with E-state index in [1.165, 1.54) is 4.90 Å². The van der Waals surface area contributed by atoms with Crippen LogP contribution in [-0.4, -0.2) is 62.2 Å². The Bertz CT molecular complexity index is 992. The smallest absolute Gasteiger partial charge is 0.359 e. The summed E-state index contributed by atoms with van der Waals surface area (Å²) in [6.45, 7) is 1.03. The number of carbonyl (C=O) groups is 2. The topological polar surface area (TPSA) is 108 Å². The van der Waals surface area contributed by atoms with Crippen LogP contribution in [0.5, 0.6) is 0 Å². The van der Waals surface area contributed by atoms with Gasteiger partial charge in [-0.1, -0.05) is 0 Å². The summed E-state index contributed by atoms with van der Waals surface area (Å²) in [7, 11) is 0. The minimum Gasteiger partial charge on any atom is -0.359 e. The SMILES string of the molecule is N[C@@H](CC(=O)N1CCc2c(nc(-c3ccc[nH]3)nc2C(F)(F)F)C1)CN1CCCCC1=O. The molecule has 172 valence electrons. The van der Waals surface area contributed by atoms with Crippen molar-refractivity contribution in [2.45, 2.75) is 50.9 Å². The minimum atomic E-state index is -4.62. The van der Waals surface area contributed by atoms with Crippen LogP contribution in [0.2, 0.25) is 0 Å². The molecule has 8 nitrogen and oxygen atoms in total. The highest BCUT2D eigenvalue weighted by atomic mass is 19.4. The van der Waals surface area contributed by atoms with Gasteiger partial charge in [0.05, 0.1) is 17.9 Å². The van der Waals surface area contributed by atoms with Crippen molar-refractivity contribution in [3.8, 4) is 11.5 Å². The number of likely N-dealkylation sites (tertiary alicyclic amines) is 1. The monoisotopic (exact) mass is 450 g/mol. The summed E-state index contributed by atoms with van der Waals surface area (Å²) in [5.41, 5.74) is 5.75. The largest absolute Gasteiger partial charge is 0.433 e. The van der Waals surface area contributed by atoms with Crippen LogP contribution in [0.1, 0.15) is 42.6 Å². The van der Waals surface area contributed by atoms with E-state index in [2.05, 4.69) is 15.0 Å². The number of carbonyl (C=O) groups excluding carboxylic acids is 2. The summed E-state index contributed by atoms with van der Waals surface area (Å²) in [5.74, 6) is -0.281. The molecule has 0 radical (unpaired) electrons. The summed E-state index contributed by atoms with van der Waals surface area (Å²) < 4.78 is 40.9. The minimum absolute atomic E-state index is 0.0137. The molecule has 32 heavy (non-hydrogen) atoms. The Hall–Kier alpha value is -2.95. The molecule has 4 heterocycles. The van der Waals surface area contributed by atoms with Gasteiger partial charge in [0.2, 0.25) is 11.8 Å². The summed E-state index contributed by atoms with van der Waals surface area (Å²) in [6, 6.07) is 2.71. The number of fused-ring (bicyclic) bond motifs is 1. The number of aromatic nitrogens is 3. The number of alkyl halides is 3. The predicted octanol–water partition coefficient (Wildman–Crippen LogP) is 2.11. The third kappa shape index (κ3) is 4.77. The molecule has 0 saturated carbocycles. The molecule has 2 aliphatic heterocycles. The number of amides is 2. The average Bonchev–Trinajstić information content (AvgIpc) is 3.28. The van der Waals surface area contributed by atoms with Crippen molar-refractivity contribution in [3.63, 3.8) is 0 Å². The molecule has 0 unspecified atom stereocenters. The molecule has 2 amide bonds. The molecule has 11 heteroatoms. The van der Waals surface area contributed by atoms with E-state index in [9.17, 15) is 22.8 Å². The van der Waals surface area contributed by atoms with Crippen LogP contribution < -0.4 is 5.73 Å². The number of hydrogen-bond donors (Lipinski definition) is 2. The van der Waals surface area contributed by atoms with Crippen molar-refractivity contribution in [2.75, 3.05) is 19.6 Å². The third-order valence-electron chi connectivity index (χ3n) is 5.84. The lowest BCUT2D eigenvalue weighted by Crippen LogP contribution is -2.46. The van der Waals surface area contributed by atoms with E-state index in [0.717, 1.165) is 12.8 Å². The fourth-order valence-corrected chi connectivity index (χ4v) is 4.22. The van der Waals surface area contributed by atoms with Crippen molar-refractivity contribution in [2.24, 2.45) is 5.73 Å². The Balaban J connectivity index is 1.49. The summed E-state index contributed by atoms with van der Waals surface area (Å²) in [6.07, 6.45) is -0.739. The van der Waals surface area contributed by atoms with Crippen LogP contribution in [0.25, 0.3) is 11.5 Å². The molecule has 1 fully saturated rings. The van der Waals surface area contributed by atoms with E-state index in [-0.39, 0.29) is 54.8 Å². The summed E-state index contributed by atoms with van der Waals surface area (Å²) in [4.78, 5) is 38.8. The van der Waals surface area contributed by atoms with Gasteiger partial charge in [-0.25, -0.2) is 9.97 Å². The molecular formula is C21H25F3N6O2. The highest BCUT2D eigenvalue weighted by molar-refractivity contribution is 5.78. The van der Waals surface area contributed by atoms with E-state index in [4.69, 9.17) is 5.73 Å². The third-order valence-corrected chi connectivity index (χ3v) is 5.84. The Kier molecular flexibility index (Phi) is 6.18. The van der Waals surface area contributed by atoms with Gasteiger partial charge in [-0.15, -0.1) is 0 Å². The van der Waals surface area contributed by atoms with E-state index >= 15 is 0 Å².